The number of carbonyl (C=O) groups is 1. The molecule has 24 heavy (non-hydrogen) atoms. The number of benzene rings is 1. The predicted molar refractivity (Wildman–Crippen MR) is 97.9 cm³/mol. The molecule has 1 aromatic heterocycles. The number of amides is 1. The van der Waals surface area contributed by atoms with Gasteiger partial charge in [-0.25, -0.2) is 4.98 Å². The minimum Gasteiger partial charge on any atom is -0.382 e. The van der Waals surface area contributed by atoms with Crippen LogP contribution in [0.15, 0.2) is 30.6 Å². The zero-order valence-electron chi connectivity index (χ0n) is 15.1. The molecule has 0 spiro atoms. The van der Waals surface area contributed by atoms with Crippen LogP contribution < -0.4 is 10.6 Å². The van der Waals surface area contributed by atoms with E-state index in [4.69, 9.17) is 5.73 Å². The van der Waals surface area contributed by atoms with Crippen molar-refractivity contribution in [1.29, 1.82) is 0 Å². The van der Waals surface area contributed by atoms with E-state index in [1.54, 1.807) is 13.1 Å². The molecule has 2 atom stereocenters. The van der Waals surface area contributed by atoms with E-state index >= 15 is 0 Å². The molecule has 128 valence electrons. The zero-order valence-corrected chi connectivity index (χ0v) is 15.1. The number of nitrogen functional groups attached to an aromatic ring is 1. The number of rotatable bonds is 0. The second kappa shape index (κ2) is 7.43. The van der Waals surface area contributed by atoms with Crippen LogP contribution in [-0.2, 0) is 11.2 Å². The van der Waals surface area contributed by atoms with Crippen LogP contribution in [0, 0.1) is 19.8 Å². The number of fused-ring (bicyclic) bond motifs is 1. The van der Waals surface area contributed by atoms with Gasteiger partial charge in [0.1, 0.15) is 5.82 Å². The van der Waals surface area contributed by atoms with Crippen LogP contribution in [0.2, 0.25) is 0 Å². The first-order valence-corrected chi connectivity index (χ1v) is 8.23. The Kier molecular flexibility index (Phi) is 5.54. The lowest BCUT2D eigenvalue weighted by atomic mass is 9.87. The highest BCUT2D eigenvalue weighted by molar-refractivity contribution is 5.93. The molecule has 1 aliphatic heterocycles. The molecule has 5 nitrogen and oxygen atoms in total. The highest BCUT2D eigenvalue weighted by Crippen LogP contribution is 2.34. The summed E-state index contributed by atoms with van der Waals surface area (Å²) in [5.41, 5.74) is 9.82. The quantitative estimate of drug-likeness (QED) is 0.806. The van der Waals surface area contributed by atoms with Crippen LogP contribution in [0.5, 0.6) is 0 Å². The molecule has 2 N–H and O–H groups in total. The van der Waals surface area contributed by atoms with Gasteiger partial charge in [0.05, 0.1) is 18.1 Å². The summed E-state index contributed by atoms with van der Waals surface area (Å²) >= 11 is 0. The Morgan fingerprint density at radius 3 is 2.46 bits per heavy atom. The Hall–Kier alpha value is -2.43. The molecule has 0 radical (unpaired) electrons. The lowest BCUT2D eigenvalue weighted by molar-refractivity contribution is -0.117. The molecule has 0 aliphatic carbocycles. The van der Waals surface area contributed by atoms with Gasteiger partial charge in [0, 0.05) is 18.7 Å². The van der Waals surface area contributed by atoms with E-state index in [2.05, 4.69) is 48.9 Å². The Morgan fingerprint density at radius 2 is 1.92 bits per heavy atom. The molecule has 3 rings (SSSR count). The second-order valence-electron chi connectivity index (χ2n) is 6.53. The van der Waals surface area contributed by atoms with Gasteiger partial charge in [-0.2, -0.15) is 0 Å². The number of hydrogen-bond donors (Lipinski definition) is 1. The largest absolute Gasteiger partial charge is 0.382 e. The summed E-state index contributed by atoms with van der Waals surface area (Å²) in [6, 6.07) is 6.66. The fraction of sp³-hybridized carbons (Fsp3) is 0.421. The van der Waals surface area contributed by atoms with Gasteiger partial charge >= 0.3 is 0 Å². The van der Waals surface area contributed by atoms with E-state index in [-0.39, 0.29) is 5.91 Å². The molecule has 1 amide bonds. The van der Waals surface area contributed by atoms with E-state index in [9.17, 15) is 4.79 Å². The number of aryl methyl sites for hydroxylation is 2. The molecule has 0 saturated heterocycles. The lowest BCUT2D eigenvalue weighted by Crippen LogP contribution is -2.45. The Bertz CT molecular complexity index is 691. The standard InChI is InChI=1S/C14H19NO.C5H7N3/c1-9-5-6-14-13(7-9)8-10(2)11(3)15(14)12(4)16;1-4-2-8-5(6)3-7-4/h5-7,10-11H,8H2,1-4H3;2-3H,1H3,(H2,6,8)/t10-,11+;/m1./s1. The maximum Gasteiger partial charge on any atom is 0.224 e. The summed E-state index contributed by atoms with van der Waals surface area (Å²) in [4.78, 5) is 21.3. The smallest absolute Gasteiger partial charge is 0.224 e. The maximum absolute atomic E-state index is 11.7. The van der Waals surface area contributed by atoms with Crippen molar-refractivity contribution >= 4 is 17.4 Å². The number of aromatic nitrogens is 2. The molecule has 0 fully saturated rings. The van der Waals surface area contributed by atoms with Crippen molar-refractivity contribution in [3.8, 4) is 0 Å². The third kappa shape index (κ3) is 4.10. The van der Waals surface area contributed by atoms with Crippen molar-refractivity contribution in [2.75, 3.05) is 10.6 Å². The molecule has 5 heteroatoms. The molecular formula is C19H26N4O. The minimum atomic E-state index is 0.143. The van der Waals surface area contributed by atoms with E-state index in [0.29, 0.717) is 17.8 Å². The first-order chi connectivity index (χ1) is 11.3. The van der Waals surface area contributed by atoms with Crippen molar-refractivity contribution in [2.45, 2.75) is 47.1 Å². The van der Waals surface area contributed by atoms with Crippen LogP contribution in [0.1, 0.15) is 37.6 Å². The highest BCUT2D eigenvalue weighted by Gasteiger charge is 2.30. The fourth-order valence-electron chi connectivity index (χ4n) is 2.96. The monoisotopic (exact) mass is 326 g/mol. The fourth-order valence-corrected chi connectivity index (χ4v) is 2.96. The van der Waals surface area contributed by atoms with Gasteiger partial charge in [-0.05, 0) is 44.7 Å². The van der Waals surface area contributed by atoms with Gasteiger partial charge in [0.15, 0.2) is 0 Å². The van der Waals surface area contributed by atoms with Crippen LogP contribution in [0.25, 0.3) is 0 Å². The summed E-state index contributed by atoms with van der Waals surface area (Å²) in [5, 5.41) is 0. The van der Waals surface area contributed by atoms with Gasteiger partial charge in [-0.15, -0.1) is 0 Å². The van der Waals surface area contributed by atoms with Crippen molar-refractivity contribution in [1.82, 2.24) is 9.97 Å². The normalized spacial score (nSPS) is 19.1. The lowest BCUT2D eigenvalue weighted by Gasteiger charge is -2.39. The van der Waals surface area contributed by atoms with Crippen LogP contribution >= 0.6 is 0 Å². The third-order valence-corrected chi connectivity index (χ3v) is 4.41. The molecule has 0 bridgehead atoms. The van der Waals surface area contributed by atoms with Crippen molar-refractivity contribution in [3.05, 3.63) is 47.4 Å². The van der Waals surface area contributed by atoms with Gasteiger partial charge in [-0.3, -0.25) is 9.78 Å². The number of anilines is 2. The number of nitrogens with zero attached hydrogens (tertiary/aromatic N) is 3. The Balaban J connectivity index is 0.000000219. The average Bonchev–Trinajstić information content (AvgIpc) is 2.52. The topological polar surface area (TPSA) is 72.1 Å². The zero-order chi connectivity index (χ0) is 17.9. The summed E-state index contributed by atoms with van der Waals surface area (Å²) in [7, 11) is 0. The Labute approximate surface area is 143 Å². The summed E-state index contributed by atoms with van der Waals surface area (Å²) in [5.74, 6) is 1.14. The van der Waals surface area contributed by atoms with Crippen LogP contribution in [-0.4, -0.2) is 21.9 Å². The van der Waals surface area contributed by atoms with Crippen LogP contribution in [0.4, 0.5) is 11.5 Å². The first kappa shape index (κ1) is 17.9. The predicted octanol–water partition coefficient (Wildman–Crippen LogP) is 3.30. The summed E-state index contributed by atoms with van der Waals surface area (Å²) in [6.07, 6.45) is 4.24. The van der Waals surface area contributed by atoms with E-state index in [1.165, 1.54) is 17.3 Å². The molecule has 2 aromatic rings. The minimum absolute atomic E-state index is 0.143. The average molecular weight is 326 g/mol. The van der Waals surface area contributed by atoms with Gasteiger partial charge in [0.2, 0.25) is 5.91 Å². The Morgan fingerprint density at radius 1 is 1.21 bits per heavy atom. The van der Waals surface area contributed by atoms with Gasteiger partial charge in [0.25, 0.3) is 0 Å². The van der Waals surface area contributed by atoms with Gasteiger partial charge in [-0.1, -0.05) is 24.6 Å². The number of carbonyl (C=O) groups excluding carboxylic acids is 1. The first-order valence-electron chi connectivity index (χ1n) is 8.23. The third-order valence-electron chi connectivity index (χ3n) is 4.41. The molecule has 2 heterocycles. The molecule has 1 aromatic carbocycles. The van der Waals surface area contributed by atoms with Gasteiger partial charge < -0.3 is 10.6 Å². The summed E-state index contributed by atoms with van der Waals surface area (Å²) < 4.78 is 0. The number of hydrogen-bond acceptors (Lipinski definition) is 4. The van der Waals surface area contributed by atoms with Crippen LogP contribution in [0.3, 0.4) is 0 Å². The molecule has 0 unspecified atom stereocenters. The maximum atomic E-state index is 11.7. The molecular weight excluding hydrogens is 300 g/mol. The summed E-state index contributed by atoms with van der Waals surface area (Å²) in [6.45, 7) is 9.96. The molecule has 1 aliphatic rings. The van der Waals surface area contributed by atoms with Crippen molar-refractivity contribution < 1.29 is 4.79 Å². The van der Waals surface area contributed by atoms with Crippen molar-refractivity contribution in [2.24, 2.45) is 5.92 Å². The van der Waals surface area contributed by atoms with E-state index < -0.39 is 0 Å². The van der Waals surface area contributed by atoms with E-state index in [0.717, 1.165) is 17.8 Å². The highest BCUT2D eigenvalue weighted by atomic mass is 16.2. The SMILES string of the molecule is CC(=O)N1c2ccc(C)cc2C[C@@H](C)[C@@H]1C.Cc1cnc(N)cn1. The number of nitrogens with two attached hydrogens (primary N) is 1. The molecule has 0 saturated carbocycles. The van der Waals surface area contributed by atoms with Crippen molar-refractivity contribution in [3.63, 3.8) is 0 Å². The second-order valence-corrected chi connectivity index (χ2v) is 6.53. The van der Waals surface area contributed by atoms with E-state index in [1.807, 2.05) is 11.8 Å².